The van der Waals surface area contributed by atoms with Crippen molar-refractivity contribution in [1.29, 1.82) is 0 Å². The molecule has 140 valence electrons. The zero-order chi connectivity index (χ0) is 18.5. The Morgan fingerprint density at radius 1 is 1.35 bits per heavy atom. The van der Waals surface area contributed by atoms with E-state index in [0.717, 1.165) is 37.0 Å². The van der Waals surface area contributed by atoms with Gasteiger partial charge in [-0.25, -0.2) is 4.79 Å². The molecule has 0 bridgehead atoms. The summed E-state index contributed by atoms with van der Waals surface area (Å²) < 4.78 is 0. The first-order valence-electron chi connectivity index (χ1n) is 9.30. The van der Waals surface area contributed by atoms with E-state index in [2.05, 4.69) is 12.1 Å². The number of oxime groups is 1. The highest BCUT2D eigenvalue weighted by Gasteiger charge is 2.56. The van der Waals surface area contributed by atoms with Crippen molar-refractivity contribution in [1.82, 2.24) is 0 Å². The zero-order valence-electron chi connectivity index (χ0n) is 14.9. The first kappa shape index (κ1) is 17.3. The molecule has 0 heterocycles. The van der Waals surface area contributed by atoms with Crippen molar-refractivity contribution >= 4 is 11.7 Å². The minimum Gasteiger partial charge on any atom is -0.508 e. The van der Waals surface area contributed by atoms with Crippen LogP contribution in [-0.2, 0) is 16.1 Å². The molecule has 0 radical (unpaired) electrons. The van der Waals surface area contributed by atoms with Crippen molar-refractivity contribution in [3.63, 3.8) is 0 Å². The van der Waals surface area contributed by atoms with Crippen molar-refractivity contribution in [3.8, 4) is 5.75 Å². The molecule has 4 rings (SSSR count). The largest absolute Gasteiger partial charge is 0.508 e. The number of aliphatic hydroxyl groups is 1. The van der Waals surface area contributed by atoms with Gasteiger partial charge in [0.2, 0.25) is 6.61 Å². The van der Waals surface area contributed by atoms with Crippen LogP contribution in [0.1, 0.15) is 49.7 Å². The minimum atomic E-state index is -1.05. The maximum absolute atomic E-state index is 10.8. The highest BCUT2D eigenvalue weighted by Crippen LogP contribution is 2.60. The van der Waals surface area contributed by atoms with Crippen molar-refractivity contribution in [2.24, 2.45) is 22.4 Å². The van der Waals surface area contributed by atoms with Gasteiger partial charge < -0.3 is 20.2 Å². The normalized spacial score (nSPS) is 36.9. The second kappa shape index (κ2) is 6.27. The number of hydrogen-bond acceptors (Lipinski definition) is 5. The van der Waals surface area contributed by atoms with Gasteiger partial charge in [-0.3, -0.25) is 0 Å². The molecule has 0 amide bonds. The molecule has 6 nitrogen and oxygen atoms in total. The Balaban J connectivity index is 1.74. The Kier molecular flexibility index (Phi) is 4.18. The fourth-order valence-electron chi connectivity index (χ4n) is 5.61. The topological polar surface area (TPSA) is 99.4 Å². The average Bonchev–Trinajstić information content (AvgIpc) is 2.89. The first-order valence-corrected chi connectivity index (χ1v) is 9.30. The SMILES string of the molecule is C[C@]12CC[C@@H]3c4ccc(O)cc4C/C(=N/OCC(=O)O)[C@H]3[C@@H]1CC[C@@H]2O. The lowest BCUT2D eigenvalue weighted by Crippen LogP contribution is -2.47. The minimum absolute atomic E-state index is 0.122. The van der Waals surface area contributed by atoms with E-state index in [4.69, 9.17) is 9.94 Å². The predicted octanol–water partition coefficient (Wildman–Crippen LogP) is 2.68. The summed E-state index contributed by atoms with van der Waals surface area (Å²) in [6.07, 6.45) is 3.91. The van der Waals surface area contributed by atoms with Crippen LogP contribution in [0.5, 0.6) is 5.75 Å². The van der Waals surface area contributed by atoms with Crippen LogP contribution in [0.2, 0.25) is 0 Å². The van der Waals surface area contributed by atoms with Crippen molar-refractivity contribution in [2.45, 2.75) is 51.0 Å². The number of carboxylic acid groups (broad SMARTS) is 1. The van der Waals surface area contributed by atoms with Crippen molar-refractivity contribution in [2.75, 3.05) is 6.61 Å². The van der Waals surface area contributed by atoms with E-state index >= 15 is 0 Å². The monoisotopic (exact) mass is 359 g/mol. The molecule has 0 aliphatic heterocycles. The number of fused-ring (bicyclic) bond motifs is 5. The molecular weight excluding hydrogens is 334 g/mol. The molecule has 0 saturated heterocycles. The summed E-state index contributed by atoms with van der Waals surface area (Å²) in [5, 5.41) is 33.5. The first-order chi connectivity index (χ1) is 12.4. The smallest absolute Gasteiger partial charge is 0.344 e. The molecule has 3 N–H and O–H groups in total. The molecule has 3 aliphatic carbocycles. The Morgan fingerprint density at radius 3 is 2.92 bits per heavy atom. The van der Waals surface area contributed by atoms with Crippen LogP contribution in [-0.4, -0.2) is 39.7 Å². The second-order valence-electron chi connectivity index (χ2n) is 8.19. The fraction of sp³-hybridized carbons (Fsp3) is 0.600. The van der Waals surface area contributed by atoms with Gasteiger partial charge in [0.1, 0.15) is 5.75 Å². The van der Waals surface area contributed by atoms with E-state index in [1.807, 2.05) is 6.07 Å². The van der Waals surface area contributed by atoms with Gasteiger partial charge >= 0.3 is 5.97 Å². The number of aliphatic hydroxyl groups excluding tert-OH is 1. The molecule has 6 heteroatoms. The van der Waals surface area contributed by atoms with E-state index in [1.54, 1.807) is 12.1 Å². The Hall–Kier alpha value is -2.08. The van der Waals surface area contributed by atoms with Gasteiger partial charge in [0, 0.05) is 12.3 Å². The fourth-order valence-corrected chi connectivity index (χ4v) is 5.61. The number of benzene rings is 1. The van der Waals surface area contributed by atoms with Gasteiger partial charge in [0.25, 0.3) is 0 Å². The van der Waals surface area contributed by atoms with Crippen LogP contribution < -0.4 is 0 Å². The third-order valence-electron chi connectivity index (χ3n) is 6.87. The quantitative estimate of drug-likeness (QED) is 0.721. The van der Waals surface area contributed by atoms with Crippen LogP contribution in [0.15, 0.2) is 23.4 Å². The molecule has 3 aliphatic rings. The summed E-state index contributed by atoms with van der Waals surface area (Å²) in [7, 11) is 0. The number of aromatic hydroxyl groups is 1. The van der Waals surface area contributed by atoms with E-state index in [1.165, 1.54) is 5.56 Å². The van der Waals surface area contributed by atoms with Gasteiger partial charge in [-0.05, 0) is 66.2 Å². The summed E-state index contributed by atoms with van der Waals surface area (Å²) in [5.74, 6) is -0.0912. The predicted molar refractivity (Wildman–Crippen MR) is 95.1 cm³/mol. The number of rotatable bonds is 3. The molecule has 5 atom stereocenters. The molecule has 0 spiro atoms. The molecule has 2 saturated carbocycles. The number of phenols is 1. The van der Waals surface area contributed by atoms with E-state index in [0.29, 0.717) is 12.3 Å². The van der Waals surface area contributed by atoms with Crippen LogP contribution in [0, 0.1) is 17.3 Å². The third kappa shape index (κ3) is 2.67. The molecule has 1 aromatic rings. The van der Waals surface area contributed by atoms with E-state index in [9.17, 15) is 15.0 Å². The number of nitrogens with zero attached hydrogens (tertiary/aromatic N) is 1. The summed E-state index contributed by atoms with van der Waals surface area (Å²) in [6, 6.07) is 5.51. The number of carbonyl (C=O) groups is 1. The second-order valence-corrected chi connectivity index (χ2v) is 8.19. The standard InChI is InChI=1S/C20H25NO5/c1-20-7-6-14-13-3-2-12(22)8-11(13)9-16(21-26-10-18(24)25)19(14)15(20)4-5-17(20)23/h2-3,8,14-15,17,19,22-23H,4-7,9-10H2,1H3,(H,24,25)/b21-16-/t14-,15+,17+,19-,20+/m1/s1. The molecule has 1 aromatic carbocycles. The van der Waals surface area contributed by atoms with Crippen molar-refractivity contribution < 1.29 is 25.0 Å². The molecule has 0 aromatic heterocycles. The Bertz CT molecular complexity index is 761. The number of carboxylic acids is 1. The maximum Gasteiger partial charge on any atom is 0.344 e. The van der Waals surface area contributed by atoms with E-state index in [-0.39, 0.29) is 29.1 Å². The highest BCUT2D eigenvalue weighted by atomic mass is 16.6. The van der Waals surface area contributed by atoms with Crippen LogP contribution >= 0.6 is 0 Å². The summed E-state index contributed by atoms with van der Waals surface area (Å²) in [6.45, 7) is 1.71. The van der Waals surface area contributed by atoms with Gasteiger partial charge in [-0.1, -0.05) is 18.1 Å². The van der Waals surface area contributed by atoms with Gasteiger partial charge in [-0.15, -0.1) is 0 Å². The number of hydrogen-bond donors (Lipinski definition) is 3. The van der Waals surface area contributed by atoms with Crippen LogP contribution in [0.3, 0.4) is 0 Å². The van der Waals surface area contributed by atoms with Crippen LogP contribution in [0.4, 0.5) is 0 Å². The Labute approximate surface area is 152 Å². The maximum atomic E-state index is 10.8. The zero-order valence-corrected chi connectivity index (χ0v) is 14.9. The summed E-state index contributed by atoms with van der Waals surface area (Å²) >= 11 is 0. The molecular formula is C20H25NO5. The number of aliphatic carboxylic acids is 1. The summed E-state index contributed by atoms with van der Waals surface area (Å²) in [5.41, 5.74) is 3.00. The third-order valence-corrected chi connectivity index (χ3v) is 6.87. The molecule has 2 fully saturated rings. The van der Waals surface area contributed by atoms with E-state index < -0.39 is 12.6 Å². The van der Waals surface area contributed by atoms with Crippen LogP contribution in [0.25, 0.3) is 0 Å². The summed E-state index contributed by atoms with van der Waals surface area (Å²) in [4.78, 5) is 15.9. The number of phenolic OH excluding ortho intramolecular Hbond substituents is 1. The molecule has 26 heavy (non-hydrogen) atoms. The molecule has 0 unspecified atom stereocenters. The highest BCUT2D eigenvalue weighted by molar-refractivity contribution is 5.92. The lowest BCUT2D eigenvalue weighted by atomic mass is 9.55. The lowest BCUT2D eigenvalue weighted by molar-refractivity contribution is -0.142. The van der Waals surface area contributed by atoms with Gasteiger partial charge in [-0.2, -0.15) is 0 Å². The van der Waals surface area contributed by atoms with Gasteiger partial charge in [0.05, 0.1) is 11.8 Å². The average molecular weight is 359 g/mol. The lowest BCUT2D eigenvalue weighted by Gasteiger charge is -2.50. The van der Waals surface area contributed by atoms with Crippen molar-refractivity contribution in [3.05, 3.63) is 29.3 Å². The Morgan fingerprint density at radius 2 is 2.15 bits per heavy atom. The van der Waals surface area contributed by atoms with Gasteiger partial charge in [0.15, 0.2) is 0 Å².